The highest BCUT2D eigenvalue weighted by Crippen LogP contribution is 2.27. The molecule has 1 aliphatic carbocycles. The predicted molar refractivity (Wildman–Crippen MR) is 69.4 cm³/mol. The number of aliphatic carboxylic acids is 1. The van der Waals surface area contributed by atoms with Gasteiger partial charge in [-0.15, -0.1) is 0 Å². The summed E-state index contributed by atoms with van der Waals surface area (Å²) in [5, 5.41) is 11.8. The first kappa shape index (κ1) is 12.8. The fraction of sp³-hybridized carbons (Fsp3) is 0.417. The van der Waals surface area contributed by atoms with Crippen LogP contribution in [0.25, 0.3) is 6.08 Å². The Balaban J connectivity index is 1.93. The van der Waals surface area contributed by atoms with Gasteiger partial charge in [-0.05, 0) is 18.9 Å². The van der Waals surface area contributed by atoms with Gasteiger partial charge >= 0.3 is 5.97 Å². The molecule has 0 aliphatic heterocycles. The van der Waals surface area contributed by atoms with Crippen molar-refractivity contribution in [3.8, 4) is 0 Å². The van der Waals surface area contributed by atoms with Gasteiger partial charge in [0.1, 0.15) is 0 Å². The SMILES string of the molecule is O=C(O)/C=C/c1cnc(NC(=O)C2CCCC2)s1. The van der Waals surface area contributed by atoms with Gasteiger partial charge in [-0.1, -0.05) is 24.2 Å². The lowest BCUT2D eigenvalue weighted by atomic mass is 10.1. The summed E-state index contributed by atoms with van der Waals surface area (Å²) in [5.41, 5.74) is 0. The molecule has 0 spiro atoms. The molecule has 0 radical (unpaired) electrons. The van der Waals surface area contributed by atoms with Crippen molar-refractivity contribution < 1.29 is 14.7 Å². The molecule has 0 saturated heterocycles. The van der Waals surface area contributed by atoms with Crippen molar-refractivity contribution in [3.63, 3.8) is 0 Å². The van der Waals surface area contributed by atoms with Crippen LogP contribution in [0.5, 0.6) is 0 Å². The Kier molecular flexibility index (Phi) is 4.09. The maximum atomic E-state index is 11.8. The number of anilines is 1. The Labute approximate surface area is 109 Å². The summed E-state index contributed by atoms with van der Waals surface area (Å²) in [4.78, 5) is 26.9. The molecule has 1 aromatic rings. The summed E-state index contributed by atoms with van der Waals surface area (Å²) >= 11 is 1.27. The third-order valence-electron chi connectivity index (χ3n) is 2.87. The van der Waals surface area contributed by atoms with Crippen molar-refractivity contribution in [3.05, 3.63) is 17.2 Å². The Bertz CT molecular complexity index is 475. The molecule has 1 heterocycles. The molecular weight excluding hydrogens is 252 g/mol. The van der Waals surface area contributed by atoms with Gasteiger partial charge in [-0.3, -0.25) is 4.79 Å². The van der Waals surface area contributed by atoms with E-state index in [-0.39, 0.29) is 11.8 Å². The van der Waals surface area contributed by atoms with Crippen molar-refractivity contribution >= 4 is 34.4 Å². The third-order valence-corrected chi connectivity index (χ3v) is 3.75. The van der Waals surface area contributed by atoms with Crippen LogP contribution in [-0.4, -0.2) is 22.0 Å². The number of hydrogen-bond donors (Lipinski definition) is 2. The predicted octanol–water partition coefficient (Wildman–Crippen LogP) is 2.37. The summed E-state index contributed by atoms with van der Waals surface area (Å²) in [5.74, 6) is -0.873. The summed E-state index contributed by atoms with van der Waals surface area (Å²) in [6, 6.07) is 0. The van der Waals surface area contributed by atoms with Crippen LogP contribution < -0.4 is 5.32 Å². The van der Waals surface area contributed by atoms with E-state index in [0.29, 0.717) is 10.0 Å². The van der Waals surface area contributed by atoms with E-state index >= 15 is 0 Å². The maximum absolute atomic E-state index is 11.8. The molecule has 0 unspecified atom stereocenters. The average Bonchev–Trinajstić information content (AvgIpc) is 2.97. The van der Waals surface area contributed by atoms with E-state index in [1.807, 2.05) is 0 Å². The van der Waals surface area contributed by atoms with Crippen LogP contribution in [0.1, 0.15) is 30.6 Å². The number of carboxylic acids is 1. The van der Waals surface area contributed by atoms with Crippen LogP contribution in [0.4, 0.5) is 5.13 Å². The van der Waals surface area contributed by atoms with Gasteiger partial charge in [0, 0.05) is 23.1 Å². The minimum Gasteiger partial charge on any atom is -0.478 e. The van der Waals surface area contributed by atoms with Crippen molar-refractivity contribution in [1.29, 1.82) is 0 Å². The lowest BCUT2D eigenvalue weighted by Gasteiger charge is -2.07. The molecule has 0 aromatic carbocycles. The van der Waals surface area contributed by atoms with E-state index in [2.05, 4.69) is 10.3 Å². The number of thiazole rings is 1. The second-order valence-electron chi connectivity index (χ2n) is 4.21. The number of hydrogen-bond acceptors (Lipinski definition) is 4. The van der Waals surface area contributed by atoms with Crippen molar-refractivity contribution in [2.75, 3.05) is 5.32 Å². The number of carboxylic acid groups (broad SMARTS) is 1. The van der Waals surface area contributed by atoms with Gasteiger partial charge in [0.2, 0.25) is 5.91 Å². The zero-order valence-electron chi connectivity index (χ0n) is 9.76. The van der Waals surface area contributed by atoms with E-state index in [0.717, 1.165) is 31.8 Å². The molecule has 2 N–H and O–H groups in total. The van der Waals surface area contributed by atoms with Gasteiger partial charge < -0.3 is 10.4 Å². The fourth-order valence-electron chi connectivity index (χ4n) is 1.97. The Morgan fingerprint density at radius 3 is 2.83 bits per heavy atom. The first-order valence-electron chi connectivity index (χ1n) is 5.83. The fourth-order valence-corrected chi connectivity index (χ4v) is 2.69. The van der Waals surface area contributed by atoms with Crippen molar-refractivity contribution in [2.24, 2.45) is 5.92 Å². The summed E-state index contributed by atoms with van der Waals surface area (Å²) < 4.78 is 0. The maximum Gasteiger partial charge on any atom is 0.328 e. The highest BCUT2D eigenvalue weighted by atomic mass is 32.1. The zero-order valence-corrected chi connectivity index (χ0v) is 10.6. The van der Waals surface area contributed by atoms with Gasteiger partial charge in [0.05, 0.1) is 0 Å². The molecule has 96 valence electrons. The highest BCUT2D eigenvalue weighted by molar-refractivity contribution is 7.16. The number of nitrogens with zero attached hydrogens (tertiary/aromatic N) is 1. The average molecular weight is 266 g/mol. The Morgan fingerprint density at radius 2 is 2.17 bits per heavy atom. The molecule has 18 heavy (non-hydrogen) atoms. The van der Waals surface area contributed by atoms with Crippen LogP contribution in [-0.2, 0) is 9.59 Å². The van der Waals surface area contributed by atoms with Crippen molar-refractivity contribution in [2.45, 2.75) is 25.7 Å². The lowest BCUT2D eigenvalue weighted by molar-refractivity contribution is -0.131. The molecular formula is C12H14N2O3S. The van der Waals surface area contributed by atoms with Crippen LogP contribution in [0.3, 0.4) is 0 Å². The zero-order chi connectivity index (χ0) is 13.0. The van der Waals surface area contributed by atoms with E-state index < -0.39 is 5.97 Å². The van der Waals surface area contributed by atoms with Gasteiger partial charge in [0.15, 0.2) is 5.13 Å². The van der Waals surface area contributed by atoms with Gasteiger partial charge in [-0.2, -0.15) is 0 Å². The second kappa shape index (κ2) is 5.77. The van der Waals surface area contributed by atoms with Crippen LogP contribution in [0.2, 0.25) is 0 Å². The number of carbonyl (C=O) groups is 2. The molecule has 1 aliphatic rings. The summed E-state index contributed by atoms with van der Waals surface area (Å²) in [6.07, 6.45) is 8.19. The normalized spacial score (nSPS) is 16.2. The largest absolute Gasteiger partial charge is 0.478 e. The standard InChI is InChI=1S/C12H14N2O3S/c15-10(16)6-5-9-7-13-12(18-9)14-11(17)8-3-1-2-4-8/h5-8H,1-4H2,(H,15,16)(H,13,14,17)/b6-5+. The molecule has 1 saturated carbocycles. The number of aromatic nitrogens is 1. The minimum absolute atomic E-state index is 0.0237. The number of nitrogens with one attached hydrogen (secondary N) is 1. The van der Waals surface area contributed by atoms with E-state index in [4.69, 9.17) is 5.11 Å². The Hall–Kier alpha value is -1.69. The number of carbonyl (C=O) groups excluding carboxylic acids is 1. The van der Waals surface area contributed by atoms with Crippen LogP contribution in [0, 0.1) is 5.92 Å². The molecule has 0 bridgehead atoms. The first-order chi connectivity index (χ1) is 8.65. The highest BCUT2D eigenvalue weighted by Gasteiger charge is 2.23. The van der Waals surface area contributed by atoms with E-state index in [9.17, 15) is 9.59 Å². The quantitative estimate of drug-likeness (QED) is 0.820. The van der Waals surface area contributed by atoms with Crippen molar-refractivity contribution in [1.82, 2.24) is 4.98 Å². The molecule has 0 atom stereocenters. The molecule has 1 fully saturated rings. The smallest absolute Gasteiger partial charge is 0.328 e. The van der Waals surface area contributed by atoms with Crippen LogP contribution in [0.15, 0.2) is 12.3 Å². The first-order valence-corrected chi connectivity index (χ1v) is 6.64. The summed E-state index contributed by atoms with van der Waals surface area (Å²) in [7, 11) is 0. The molecule has 1 aromatic heterocycles. The monoisotopic (exact) mass is 266 g/mol. The summed E-state index contributed by atoms with van der Waals surface area (Å²) in [6.45, 7) is 0. The lowest BCUT2D eigenvalue weighted by Crippen LogP contribution is -2.19. The van der Waals surface area contributed by atoms with Crippen LogP contribution >= 0.6 is 11.3 Å². The number of amides is 1. The van der Waals surface area contributed by atoms with Gasteiger partial charge in [0.25, 0.3) is 0 Å². The minimum atomic E-state index is -1.00. The third kappa shape index (κ3) is 3.40. The van der Waals surface area contributed by atoms with E-state index in [1.165, 1.54) is 17.4 Å². The van der Waals surface area contributed by atoms with Gasteiger partial charge in [-0.25, -0.2) is 9.78 Å². The van der Waals surface area contributed by atoms with E-state index in [1.54, 1.807) is 6.20 Å². The number of rotatable bonds is 4. The second-order valence-corrected chi connectivity index (χ2v) is 5.27. The topological polar surface area (TPSA) is 79.3 Å². The molecule has 5 nitrogen and oxygen atoms in total. The molecule has 6 heteroatoms. The molecule has 2 rings (SSSR count). The molecule has 1 amide bonds. The Morgan fingerprint density at radius 1 is 1.44 bits per heavy atom.